The number of nitrogens with zero attached hydrogens (tertiary/aromatic N) is 2. The first-order valence-corrected chi connectivity index (χ1v) is 26.9. The summed E-state index contributed by atoms with van der Waals surface area (Å²) in [5.41, 5.74) is 20.9. The monoisotopic (exact) mass is 945 g/mol. The third-order valence-electron chi connectivity index (χ3n) is 14.3. The average molecular weight is 945 g/mol. The molecule has 1 aliphatic rings. The zero-order valence-corrected chi connectivity index (χ0v) is 43.0. The van der Waals surface area contributed by atoms with E-state index in [1.165, 1.54) is 73.6 Å². The Morgan fingerprint density at radius 2 is 0.556 bits per heavy atom. The van der Waals surface area contributed by atoms with Gasteiger partial charge >= 0.3 is 0 Å². The Balaban J connectivity index is 0.880. The molecule has 0 atom stereocenters. The molecule has 0 aliphatic heterocycles. The van der Waals surface area contributed by atoms with Crippen molar-refractivity contribution in [1.82, 2.24) is 0 Å². The molecule has 8 aromatic rings. The number of aliphatic hydroxyl groups is 1. The molecule has 8 aromatic carbocycles. The van der Waals surface area contributed by atoms with Crippen molar-refractivity contribution in [3.63, 3.8) is 0 Å². The van der Waals surface area contributed by atoms with Crippen molar-refractivity contribution < 1.29 is 5.11 Å². The van der Waals surface area contributed by atoms with Gasteiger partial charge in [0.2, 0.25) is 0 Å². The van der Waals surface area contributed by atoms with E-state index >= 15 is 0 Å². The number of hydrogen-bond acceptors (Lipinski definition) is 3. The molecule has 0 unspecified atom stereocenters. The normalized spacial score (nSPS) is 12.9. The maximum atomic E-state index is 11.7. The Bertz CT molecular complexity index is 2720. The molecule has 1 aliphatic carbocycles. The second-order valence-corrected chi connectivity index (χ2v) is 19.7. The standard InChI is InChI=1S/C69H72N2O/c1-5-9-13-51-21-35-59(36-22-51)70(60-37-23-52(24-38-60)14-10-6-2)63-43-29-55(30-44-63)17-19-57-33-47-65-66-48-34-58(50-68(66)69(72)67(65)49-57)20-18-56-31-45-64(46-32-56)71(61-39-25-53(26-40-61)15-11-7-3)62-41-27-54(28-42-62)16-12-8-4/h17-50,69,72H,5-16H2,1-4H3. The Morgan fingerprint density at radius 3 is 0.819 bits per heavy atom. The predicted octanol–water partition coefficient (Wildman–Crippen LogP) is 19.4. The van der Waals surface area contributed by atoms with Crippen LogP contribution in [-0.2, 0) is 25.7 Å². The third-order valence-corrected chi connectivity index (χ3v) is 14.3. The molecule has 3 heteroatoms. The lowest BCUT2D eigenvalue weighted by Gasteiger charge is -2.26. The number of rotatable bonds is 22. The molecule has 0 heterocycles. The second-order valence-electron chi connectivity index (χ2n) is 19.7. The highest BCUT2D eigenvalue weighted by atomic mass is 16.3. The van der Waals surface area contributed by atoms with E-state index in [-0.39, 0.29) is 0 Å². The van der Waals surface area contributed by atoms with Crippen LogP contribution in [0.3, 0.4) is 0 Å². The highest BCUT2D eigenvalue weighted by molar-refractivity contribution is 5.84. The van der Waals surface area contributed by atoms with Crippen molar-refractivity contribution in [1.29, 1.82) is 0 Å². The molecular formula is C69H72N2O. The number of anilines is 6. The summed E-state index contributed by atoms with van der Waals surface area (Å²) in [5.74, 6) is 0. The van der Waals surface area contributed by atoms with Crippen molar-refractivity contribution in [2.75, 3.05) is 9.80 Å². The van der Waals surface area contributed by atoms with E-state index in [1.807, 2.05) is 0 Å². The molecule has 0 bridgehead atoms. The fraction of sp³-hybridized carbons (Fsp3) is 0.246. The largest absolute Gasteiger partial charge is 0.384 e. The molecule has 0 radical (unpaired) electrons. The minimum absolute atomic E-state index is 0.685. The van der Waals surface area contributed by atoms with E-state index in [1.54, 1.807) is 0 Å². The van der Waals surface area contributed by atoms with Gasteiger partial charge < -0.3 is 14.9 Å². The summed E-state index contributed by atoms with van der Waals surface area (Å²) in [7, 11) is 0. The molecule has 0 saturated carbocycles. The summed E-state index contributed by atoms with van der Waals surface area (Å²) in [6.45, 7) is 9.00. The number of unbranched alkanes of at least 4 members (excludes halogenated alkanes) is 4. The summed E-state index contributed by atoms with van der Waals surface area (Å²) < 4.78 is 0. The topological polar surface area (TPSA) is 26.7 Å². The molecule has 0 amide bonds. The van der Waals surface area contributed by atoms with Crippen LogP contribution < -0.4 is 9.80 Å². The molecule has 3 nitrogen and oxygen atoms in total. The number of aliphatic hydroxyl groups excluding tert-OH is 1. The molecule has 9 rings (SSSR count). The minimum Gasteiger partial charge on any atom is -0.384 e. The highest BCUT2D eigenvalue weighted by Gasteiger charge is 2.27. The lowest BCUT2D eigenvalue weighted by Crippen LogP contribution is -2.10. The summed E-state index contributed by atoms with van der Waals surface area (Å²) in [6.07, 6.45) is 22.0. The van der Waals surface area contributed by atoms with Crippen LogP contribution in [0.1, 0.15) is 141 Å². The van der Waals surface area contributed by atoms with Gasteiger partial charge in [0.15, 0.2) is 0 Å². The quantitative estimate of drug-likeness (QED) is 0.0686. The van der Waals surface area contributed by atoms with Crippen LogP contribution in [0.4, 0.5) is 34.1 Å². The molecule has 364 valence electrons. The fourth-order valence-electron chi connectivity index (χ4n) is 10.00. The third kappa shape index (κ3) is 12.1. The van der Waals surface area contributed by atoms with Gasteiger partial charge in [-0.3, -0.25) is 0 Å². The maximum Gasteiger partial charge on any atom is 0.105 e. The number of aryl methyl sites for hydroxylation is 4. The van der Waals surface area contributed by atoms with E-state index in [9.17, 15) is 5.11 Å². The Labute approximate surface area is 430 Å². The Kier molecular flexibility index (Phi) is 16.8. The smallest absolute Gasteiger partial charge is 0.105 e. The molecule has 72 heavy (non-hydrogen) atoms. The van der Waals surface area contributed by atoms with Gasteiger partial charge in [-0.15, -0.1) is 0 Å². The van der Waals surface area contributed by atoms with Crippen LogP contribution >= 0.6 is 0 Å². The lowest BCUT2D eigenvalue weighted by atomic mass is 10.0. The first kappa shape index (κ1) is 49.8. The van der Waals surface area contributed by atoms with Crippen LogP contribution in [0.5, 0.6) is 0 Å². The maximum absolute atomic E-state index is 11.7. The van der Waals surface area contributed by atoms with Crippen LogP contribution in [0, 0.1) is 0 Å². The summed E-state index contributed by atoms with van der Waals surface area (Å²) >= 11 is 0. The van der Waals surface area contributed by atoms with Gasteiger partial charge in [0, 0.05) is 34.1 Å². The van der Waals surface area contributed by atoms with Crippen molar-refractivity contribution in [2.24, 2.45) is 0 Å². The zero-order chi connectivity index (χ0) is 49.7. The van der Waals surface area contributed by atoms with Gasteiger partial charge in [-0.1, -0.05) is 175 Å². The molecule has 0 spiro atoms. The zero-order valence-electron chi connectivity index (χ0n) is 43.0. The van der Waals surface area contributed by atoms with Crippen molar-refractivity contribution in [2.45, 2.75) is 111 Å². The SMILES string of the molecule is CCCCc1ccc(N(c2ccc(C=Cc3ccc4c(c3)C(O)c3cc(C=Cc5ccc(N(c6ccc(CCCC)cc6)c6ccc(CCCC)cc6)cc5)ccc3-4)cc2)c2ccc(CCCC)cc2)cc1. The number of benzene rings is 8. The number of hydrogen-bond donors (Lipinski definition) is 1. The fourth-order valence-corrected chi connectivity index (χ4v) is 10.00. The molecule has 0 fully saturated rings. The Hall–Kier alpha value is -7.20. The van der Waals surface area contributed by atoms with Crippen LogP contribution in [-0.4, -0.2) is 5.11 Å². The first-order valence-electron chi connectivity index (χ1n) is 26.9. The molecule has 1 N–H and O–H groups in total. The van der Waals surface area contributed by atoms with Gasteiger partial charge in [0.25, 0.3) is 0 Å². The van der Waals surface area contributed by atoms with E-state index in [4.69, 9.17) is 0 Å². The number of fused-ring (bicyclic) bond motifs is 3. The lowest BCUT2D eigenvalue weighted by molar-refractivity contribution is 0.225. The summed E-state index contributed by atoms with van der Waals surface area (Å²) in [5, 5.41) is 11.7. The second kappa shape index (κ2) is 24.3. The van der Waals surface area contributed by atoms with Gasteiger partial charge in [0.05, 0.1) is 0 Å². The van der Waals surface area contributed by atoms with Gasteiger partial charge in [0.1, 0.15) is 6.10 Å². The van der Waals surface area contributed by atoms with E-state index in [0.717, 1.165) is 104 Å². The minimum atomic E-state index is -0.685. The average Bonchev–Trinajstić information content (AvgIpc) is 3.71. The Morgan fingerprint density at radius 1 is 0.319 bits per heavy atom. The van der Waals surface area contributed by atoms with Crippen molar-refractivity contribution in [3.05, 3.63) is 238 Å². The van der Waals surface area contributed by atoms with E-state index < -0.39 is 6.10 Å². The molecule has 0 saturated heterocycles. The predicted molar refractivity (Wildman–Crippen MR) is 310 cm³/mol. The van der Waals surface area contributed by atoms with Crippen LogP contribution in [0.2, 0.25) is 0 Å². The van der Waals surface area contributed by atoms with Crippen LogP contribution in [0.25, 0.3) is 35.4 Å². The molecular weight excluding hydrogens is 873 g/mol. The summed E-state index contributed by atoms with van der Waals surface area (Å²) in [4.78, 5) is 4.72. The highest BCUT2D eigenvalue weighted by Crippen LogP contribution is 2.45. The van der Waals surface area contributed by atoms with Crippen molar-refractivity contribution >= 4 is 58.4 Å². The molecule has 0 aromatic heterocycles. The van der Waals surface area contributed by atoms with Gasteiger partial charge in [-0.2, -0.15) is 0 Å². The first-order chi connectivity index (χ1) is 35.4. The van der Waals surface area contributed by atoms with Gasteiger partial charge in [-0.05, 0) is 203 Å². The van der Waals surface area contributed by atoms with E-state index in [0.29, 0.717) is 0 Å². The van der Waals surface area contributed by atoms with E-state index in [2.05, 4.69) is 244 Å². The van der Waals surface area contributed by atoms with Crippen molar-refractivity contribution in [3.8, 4) is 11.1 Å². The van der Waals surface area contributed by atoms with Gasteiger partial charge in [-0.25, -0.2) is 0 Å². The van der Waals surface area contributed by atoms with Crippen LogP contribution in [0.15, 0.2) is 182 Å². The summed E-state index contributed by atoms with van der Waals surface area (Å²) in [6, 6.07) is 66.9.